The summed E-state index contributed by atoms with van der Waals surface area (Å²) in [6, 6.07) is 16.5. The van der Waals surface area contributed by atoms with E-state index in [-0.39, 0.29) is 34.4 Å². The lowest BCUT2D eigenvalue weighted by Crippen LogP contribution is -2.07. The topological polar surface area (TPSA) is 110 Å². The molecule has 0 spiro atoms. The second-order valence-electron chi connectivity index (χ2n) is 8.17. The van der Waals surface area contributed by atoms with E-state index < -0.39 is 5.97 Å². The van der Waals surface area contributed by atoms with Gasteiger partial charge < -0.3 is 33.9 Å². The quantitative estimate of drug-likeness (QED) is 0.288. The summed E-state index contributed by atoms with van der Waals surface area (Å²) in [5.74, 6) is 0.0209. The van der Waals surface area contributed by atoms with Crippen molar-refractivity contribution in [1.82, 2.24) is 4.40 Å². The number of ether oxygens (including phenoxy) is 3. The second-order valence-corrected chi connectivity index (χ2v) is 8.17. The molecule has 5 aromatic rings. The zero-order valence-corrected chi connectivity index (χ0v) is 19.8. The van der Waals surface area contributed by atoms with Crippen LogP contribution in [-0.2, 0) is 4.74 Å². The molecule has 0 aliphatic carbocycles. The number of aromatic hydroxyl groups is 3. The van der Waals surface area contributed by atoms with Crippen LogP contribution in [0.5, 0.6) is 28.7 Å². The Labute approximate surface area is 206 Å². The first-order chi connectivity index (χ1) is 17.4. The minimum Gasteiger partial charge on any atom is -0.508 e. The minimum atomic E-state index is -0.560. The van der Waals surface area contributed by atoms with Gasteiger partial charge >= 0.3 is 5.97 Å². The summed E-state index contributed by atoms with van der Waals surface area (Å²) < 4.78 is 17.7. The maximum absolute atomic E-state index is 13.2. The van der Waals surface area contributed by atoms with E-state index in [1.807, 2.05) is 0 Å². The third kappa shape index (κ3) is 3.51. The van der Waals surface area contributed by atoms with E-state index in [2.05, 4.69) is 0 Å². The Balaban J connectivity index is 2.04. The van der Waals surface area contributed by atoms with Gasteiger partial charge in [-0.2, -0.15) is 0 Å². The highest BCUT2D eigenvalue weighted by Crippen LogP contribution is 2.46. The average Bonchev–Trinajstić information content (AvgIpc) is 3.24. The highest BCUT2D eigenvalue weighted by Gasteiger charge is 2.28. The Kier molecular flexibility index (Phi) is 5.56. The van der Waals surface area contributed by atoms with Crippen molar-refractivity contribution in [3.05, 3.63) is 72.6 Å². The van der Waals surface area contributed by atoms with Crippen LogP contribution in [0.4, 0.5) is 0 Å². The number of carbonyl (C=O) groups excluding carboxylic acids is 1. The smallest absolute Gasteiger partial charge is 0.355 e. The summed E-state index contributed by atoms with van der Waals surface area (Å²) in [5.41, 5.74) is 3.49. The molecule has 0 amide bonds. The molecule has 0 unspecified atom stereocenters. The van der Waals surface area contributed by atoms with E-state index in [4.69, 9.17) is 14.2 Å². The van der Waals surface area contributed by atoms with Crippen molar-refractivity contribution in [3.8, 4) is 51.0 Å². The van der Waals surface area contributed by atoms with Gasteiger partial charge in [-0.25, -0.2) is 4.79 Å². The van der Waals surface area contributed by atoms with Gasteiger partial charge in [0.15, 0.2) is 23.0 Å². The van der Waals surface area contributed by atoms with Crippen molar-refractivity contribution in [2.45, 2.75) is 0 Å². The molecular weight excluding hydrogens is 462 g/mol. The molecule has 0 saturated heterocycles. The first-order valence-corrected chi connectivity index (χ1v) is 11.0. The van der Waals surface area contributed by atoms with Crippen molar-refractivity contribution in [2.24, 2.45) is 0 Å². The molecule has 5 rings (SSSR count). The van der Waals surface area contributed by atoms with Gasteiger partial charge in [0.25, 0.3) is 0 Å². The number of phenolic OH excluding ortho intramolecular Hbond substituents is 3. The third-order valence-electron chi connectivity index (χ3n) is 6.22. The number of aromatic nitrogens is 1. The number of nitrogens with zero attached hydrogens (tertiary/aromatic N) is 1. The van der Waals surface area contributed by atoms with Gasteiger partial charge in [-0.15, -0.1) is 0 Å². The second kappa shape index (κ2) is 8.74. The number of pyridine rings is 1. The van der Waals surface area contributed by atoms with Gasteiger partial charge in [0.05, 0.1) is 26.8 Å². The van der Waals surface area contributed by atoms with Crippen LogP contribution in [0.15, 0.2) is 66.9 Å². The van der Waals surface area contributed by atoms with Crippen molar-refractivity contribution in [2.75, 3.05) is 21.3 Å². The van der Waals surface area contributed by atoms with E-state index in [0.717, 1.165) is 5.39 Å². The molecule has 36 heavy (non-hydrogen) atoms. The van der Waals surface area contributed by atoms with Crippen LogP contribution in [-0.4, -0.2) is 47.0 Å². The fourth-order valence-corrected chi connectivity index (χ4v) is 4.57. The van der Waals surface area contributed by atoms with Gasteiger partial charge in [-0.3, -0.25) is 0 Å². The Morgan fingerprint density at radius 2 is 1.42 bits per heavy atom. The number of fused-ring (bicyclic) bond motifs is 3. The Morgan fingerprint density at radius 1 is 0.750 bits per heavy atom. The fraction of sp³-hybridized carbons (Fsp3) is 0.107. The van der Waals surface area contributed by atoms with E-state index in [0.29, 0.717) is 33.2 Å². The highest BCUT2D eigenvalue weighted by molar-refractivity contribution is 6.14. The number of phenols is 3. The van der Waals surface area contributed by atoms with Crippen LogP contribution >= 0.6 is 0 Å². The van der Waals surface area contributed by atoms with Crippen LogP contribution in [0.1, 0.15) is 10.5 Å². The van der Waals surface area contributed by atoms with Crippen LogP contribution in [0.3, 0.4) is 0 Å². The maximum atomic E-state index is 13.2. The largest absolute Gasteiger partial charge is 0.508 e. The van der Waals surface area contributed by atoms with Crippen molar-refractivity contribution >= 4 is 22.3 Å². The normalized spacial score (nSPS) is 11.1. The minimum absolute atomic E-state index is 0.0132. The summed E-state index contributed by atoms with van der Waals surface area (Å²) in [6.07, 6.45) is 1.74. The molecular formula is C28H23NO7. The lowest BCUT2D eigenvalue weighted by Gasteiger charge is -2.12. The Morgan fingerprint density at radius 3 is 2.08 bits per heavy atom. The van der Waals surface area contributed by atoms with Gasteiger partial charge in [-0.05, 0) is 59.0 Å². The highest BCUT2D eigenvalue weighted by atomic mass is 16.5. The molecule has 0 atom stereocenters. The summed E-state index contributed by atoms with van der Waals surface area (Å²) in [7, 11) is 4.24. The molecule has 0 radical (unpaired) electrons. The molecule has 182 valence electrons. The summed E-state index contributed by atoms with van der Waals surface area (Å²) in [6.45, 7) is 0. The molecule has 0 fully saturated rings. The summed E-state index contributed by atoms with van der Waals surface area (Å²) in [5, 5.41) is 32.0. The van der Waals surface area contributed by atoms with E-state index >= 15 is 0 Å². The molecule has 3 N–H and O–H groups in total. The van der Waals surface area contributed by atoms with Gasteiger partial charge in [0.2, 0.25) is 0 Å². The molecule has 8 heteroatoms. The van der Waals surface area contributed by atoms with Gasteiger partial charge in [-0.1, -0.05) is 18.2 Å². The molecule has 0 bridgehead atoms. The zero-order chi connectivity index (χ0) is 25.6. The summed E-state index contributed by atoms with van der Waals surface area (Å²) >= 11 is 0. The predicted molar refractivity (Wildman–Crippen MR) is 135 cm³/mol. The molecule has 8 nitrogen and oxygen atoms in total. The fourth-order valence-electron chi connectivity index (χ4n) is 4.57. The Bertz CT molecular complexity index is 1630. The first kappa shape index (κ1) is 22.9. The average molecular weight is 485 g/mol. The van der Waals surface area contributed by atoms with E-state index in [1.54, 1.807) is 65.2 Å². The van der Waals surface area contributed by atoms with E-state index in [1.165, 1.54) is 27.4 Å². The van der Waals surface area contributed by atoms with Crippen LogP contribution in [0.25, 0.3) is 38.5 Å². The molecule has 0 saturated carbocycles. The molecule has 2 aromatic heterocycles. The number of esters is 1. The third-order valence-corrected chi connectivity index (χ3v) is 6.22. The molecule has 0 aliphatic rings. The molecule has 2 heterocycles. The standard InChI is InChI=1S/C28H23NO7/c1-34-22-13-17(6-9-20(22)31)25-24(15-4-7-18(30)8-5-15)27(28(33)36-3)29-11-10-16-12-21(32)23(35-2)14-19(16)26(25)29/h4-14,30-32H,1-3H3. The molecule has 3 aromatic carbocycles. The number of carbonyl (C=O) groups is 1. The van der Waals surface area contributed by atoms with Gasteiger partial charge in [0.1, 0.15) is 11.4 Å². The van der Waals surface area contributed by atoms with Crippen molar-refractivity contribution in [3.63, 3.8) is 0 Å². The Hall–Kier alpha value is -4.85. The van der Waals surface area contributed by atoms with Crippen molar-refractivity contribution < 1.29 is 34.3 Å². The van der Waals surface area contributed by atoms with Crippen LogP contribution < -0.4 is 9.47 Å². The van der Waals surface area contributed by atoms with Crippen LogP contribution in [0.2, 0.25) is 0 Å². The lowest BCUT2D eigenvalue weighted by atomic mass is 9.94. The summed E-state index contributed by atoms with van der Waals surface area (Å²) in [4.78, 5) is 13.2. The number of benzene rings is 3. The van der Waals surface area contributed by atoms with Gasteiger partial charge in [0, 0.05) is 22.7 Å². The molecule has 0 aliphatic heterocycles. The monoisotopic (exact) mass is 485 g/mol. The first-order valence-electron chi connectivity index (χ1n) is 11.0. The van der Waals surface area contributed by atoms with Crippen LogP contribution in [0, 0.1) is 0 Å². The predicted octanol–water partition coefficient (Wildman–Crippen LogP) is 5.35. The number of methoxy groups -OCH3 is 3. The maximum Gasteiger partial charge on any atom is 0.355 e. The number of hydrogen-bond acceptors (Lipinski definition) is 7. The zero-order valence-electron chi connectivity index (χ0n) is 19.8. The SMILES string of the molecule is COC(=O)c1c(-c2ccc(O)cc2)c(-c2ccc(O)c(OC)c2)c2c3cc(OC)c(O)cc3ccn12. The number of rotatable bonds is 5. The van der Waals surface area contributed by atoms with E-state index in [9.17, 15) is 20.1 Å². The number of hydrogen-bond donors (Lipinski definition) is 3. The lowest BCUT2D eigenvalue weighted by molar-refractivity contribution is 0.0594. The van der Waals surface area contributed by atoms with Crippen molar-refractivity contribution in [1.29, 1.82) is 0 Å².